The number of nitrogens with one attached hydrogen (secondary N) is 1. The molecular weight excluding hydrogens is 411 g/mol. The van der Waals surface area contributed by atoms with E-state index in [4.69, 9.17) is 16.0 Å². The van der Waals surface area contributed by atoms with Gasteiger partial charge in [0, 0.05) is 25.1 Å². The van der Waals surface area contributed by atoms with Gasteiger partial charge in [-0.2, -0.15) is 5.10 Å². The molecule has 2 aromatic heterocycles. The topological polar surface area (TPSA) is 89.1 Å². The summed E-state index contributed by atoms with van der Waals surface area (Å²) >= 11 is 6.24. The van der Waals surface area contributed by atoms with Crippen LogP contribution in [0.25, 0.3) is 5.69 Å². The Morgan fingerprint density at radius 3 is 2.90 bits per heavy atom. The number of hydrogen-bond acceptors (Lipinski definition) is 5. The van der Waals surface area contributed by atoms with Crippen LogP contribution in [0.4, 0.5) is 14.9 Å². The van der Waals surface area contributed by atoms with Gasteiger partial charge in [0.1, 0.15) is 5.54 Å². The largest absolute Gasteiger partial charge is 0.423 e. The fourth-order valence-corrected chi connectivity index (χ4v) is 5.02. The van der Waals surface area contributed by atoms with E-state index in [0.717, 1.165) is 25.5 Å². The average molecular weight is 431 g/mol. The number of nitrogens with zero attached hydrogens (tertiary/aromatic N) is 5. The van der Waals surface area contributed by atoms with Gasteiger partial charge >= 0.3 is 6.03 Å². The lowest BCUT2D eigenvalue weighted by atomic mass is 9.64. The molecule has 3 heterocycles. The molecule has 1 saturated heterocycles. The maximum Gasteiger partial charge on any atom is 0.323 e. The molecule has 2 aliphatic rings. The second-order valence-electron chi connectivity index (χ2n) is 8.13. The van der Waals surface area contributed by atoms with Crippen molar-refractivity contribution in [1.82, 2.24) is 24.9 Å². The van der Waals surface area contributed by atoms with Crippen LogP contribution < -0.4 is 5.32 Å². The number of carbonyl (C=O) groups is 1. The number of carbonyl (C=O) groups excluding carboxylic acids is 1. The van der Waals surface area contributed by atoms with Crippen LogP contribution in [-0.2, 0) is 5.54 Å². The predicted molar refractivity (Wildman–Crippen MR) is 107 cm³/mol. The van der Waals surface area contributed by atoms with E-state index in [1.807, 2.05) is 4.90 Å². The molecule has 0 radical (unpaired) electrons. The molecule has 1 saturated carbocycles. The van der Waals surface area contributed by atoms with Crippen LogP contribution in [0, 0.1) is 18.7 Å². The predicted octanol–water partition coefficient (Wildman–Crippen LogP) is 4.29. The number of aromatic nitrogens is 4. The Morgan fingerprint density at radius 2 is 2.20 bits per heavy atom. The fourth-order valence-electron chi connectivity index (χ4n) is 4.82. The minimum atomic E-state index is -0.575. The van der Waals surface area contributed by atoms with Crippen LogP contribution in [0.5, 0.6) is 0 Å². The van der Waals surface area contributed by atoms with Crippen LogP contribution in [0.1, 0.15) is 38.0 Å². The molecule has 3 aromatic rings. The molecule has 30 heavy (non-hydrogen) atoms. The molecule has 2 bridgehead atoms. The van der Waals surface area contributed by atoms with Crippen molar-refractivity contribution >= 4 is 23.3 Å². The standard InChI is InChI=1S/C20H20ClFN6O2/c1-11-5-15-8-20(7-11,18-26-25-12(2)30-18)28(15)19(29)24-14-3-4-16(21)17(6-14)27-10-13(22)9-23-27/h3-4,6,9-11,15H,5,7-8H2,1-2H3,(H,24,29)/t11-,15+,20-/m0/s1. The number of piperidine rings is 1. The Bertz CT molecular complexity index is 1130. The highest BCUT2D eigenvalue weighted by Gasteiger charge is 2.62. The lowest BCUT2D eigenvalue weighted by molar-refractivity contribution is -0.110. The van der Waals surface area contributed by atoms with E-state index in [1.54, 1.807) is 25.1 Å². The van der Waals surface area contributed by atoms with Crippen molar-refractivity contribution in [3.05, 3.63) is 53.2 Å². The van der Waals surface area contributed by atoms with Crippen LogP contribution in [0.2, 0.25) is 5.02 Å². The first-order valence-electron chi connectivity index (χ1n) is 9.77. The number of hydrogen-bond donors (Lipinski definition) is 1. The highest BCUT2D eigenvalue weighted by Crippen LogP contribution is 2.55. The molecule has 3 atom stereocenters. The number of urea groups is 1. The second-order valence-corrected chi connectivity index (χ2v) is 8.54. The zero-order valence-electron chi connectivity index (χ0n) is 16.5. The summed E-state index contributed by atoms with van der Waals surface area (Å²) in [7, 11) is 0. The molecule has 1 aliphatic heterocycles. The van der Waals surface area contributed by atoms with Gasteiger partial charge in [0.05, 0.1) is 23.1 Å². The van der Waals surface area contributed by atoms with Gasteiger partial charge in [-0.3, -0.25) is 0 Å². The van der Waals surface area contributed by atoms with Gasteiger partial charge in [-0.15, -0.1) is 10.2 Å². The van der Waals surface area contributed by atoms with Gasteiger partial charge in [-0.05, 0) is 37.0 Å². The highest BCUT2D eigenvalue weighted by molar-refractivity contribution is 6.32. The van der Waals surface area contributed by atoms with Gasteiger partial charge in [-0.25, -0.2) is 13.9 Å². The fraction of sp³-hybridized carbons (Fsp3) is 0.400. The summed E-state index contributed by atoms with van der Waals surface area (Å²) in [5, 5.41) is 15.5. The number of amides is 2. The average Bonchev–Trinajstić information content (AvgIpc) is 3.31. The molecule has 1 aromatic carbocycles. The van der Waals surface area contributed by atoms with Gasteiger partial charge in [0.2, 0.25) is 11.8 Å². The number of benzene rings is 1. The summed E-state index contributed by atoms with van der Waals surface area (Å²) in [6, 6.07) is 4.88. The number of fused-ring (bicyclic) bond motifs is 2. The normalized spacial score (nSPS) is 25.1. The second kappa shape index (κ2) is 6.80. The highest BCUT2D eigenvalue weighted by atomic mass is 35.5. The number of likely N-dealkylation sites (tertiary alicyclic amines) is 1. The maximum absolute atomic E-state index is 13.4. The molecule has 5 rings (SSSR count). The van der Waals surface area contributed by atoms with Crippen LogP contribution in [0.15, 0.2) is 35.0 Å². The Morgan fingerprint density at radius 1 is 1.37 bits per heavy atom. The maximum atomic E-state index is 13.4. The van der Waals surface area contributed by atoms with Crippen molar-refractivity contribution in [3.63, 3.8) is 0 Å². The van der Waals surface area contributed by atoms with Gasteiger partial charge in [-0.1, -0.05) is 18.5 Å². The first-order valence-corrected chi connectivity index (χ1v) is 10.1. The molecule has 10 heteroatoms. The minimum absolute atomic E-state index is 0.118. The summed E-state index contributed by atoms with van der Waals surface area (Å²) in [6.45, 7) is 3.92. The molecule has 1 aliphatic carbocycles. The van der Waals surface area contributed by atoms with E-state index in [2.05, 4.69) is 27.5 Å². The molecule has 1 N–H and O–H groups in total. The third kappa shape index (κ3) is 2.96. The van der Waals surface area contributed by atoms with Crippen LogP contribution in [0.3, 0.4) is 0 Å². The van der Waals surface area contributed by atoms with Crippen molar-refractivity contribution in [3.8, 4) is 5.69 Å². The zero-order valence-corrected chi connectivity index (χ0v) is 17.2. The van der Waals surface area contributed by atoms with Crippen molar-refractivity contribution in [2.45, 2.75) is 44.7 Å². The van der Waals surface area contributed by atoms with E-state index < -0.39 is 11.4 Å². The molecule has 0 unspecified atom stereocenters. The van der Waals surface area contributed by atoms with Crippen molar-refractivity contribution in [2.24, 2.45) is 5.92 Å². The number of anilines is 1. The van der Waals surface area contributed by atoms with E-state index in [-0.39, 0.29) is 12.1 Å². The number of aryl methyl sites for hydroxylation is 1. The van der Waals surface area contributed by atoms with Crippen molar-refractivity contribution in [1.29, 1.82) is 0 Å². The Hall–Kier alpha value is -2.94. The summed E-state index contributed by atoms with van der Waals surface area (Å²) in [6.07, 6.45) is 4.84. The van der Waals surface area contributed by atoms with E-state index in [9.17, 15) is 9.18 Å². The first kappa shape index (κ1) is 19.0. The lowest BCUT2D eigenvalue weighted by Gasteiger charge is -2.61. The third-order valence-electron chi connectivity index (χ3n) is 5.90. The molecule has 2 amide bonds. The summed E-state index contributed by atoms with van der Waals surface area (Å²) in [5.74, 6) is 0.952. The Kier molecular flexibility index (Phi) is 4.32. The summed E-state index contributed by atoms with van der Waals surface area (Å²) < 4.78 is 20.4. The zero-order chi connectivity index (χ0) is 21.0. The molecule has 0 spiro atoms. The number of rotatable bonds is 3. The third-order valence-corrected chi connectivity index (χ3v) is 6.22. The lowest BCUT2D eigenvalue weighted by Crippen LogP contribution is -2.70. The number of halogens is 2. The molecule has 156 valence electrons. The van der Waals surface area contributed by atoms with E-state index in [0.29, 0.717) is 34.1 Å². The monoisotopic (exact) mass is 430 g/mol. The molecule has 2 fully saturated rings. The SMILES string of the molecule is Cc1nnc([C@]23C[C@@H](C)C[C@H](C2)N3C(=O)Nc2ccc(Cl)c(-n3cc(F)cn3)c2)o1. The van der Waals surface area contributed by atoms with Crippen LogP contribution in [-0.4, -0.2) is 37.0 Å². The van der Waals surface area contributed by atoms with Crippen LogP contribution >= 0.6 is 11.6 Å². The van der Waals surface area contributed by atoms with E-state index in [1.165, 1.54) is 10.9 Å². The Balaban J connectivity index is 1.43. The van der Waals surface area contributed by atoms with Gasteiger partial charge in [0.15, 0.2) is 5.82 Å². The van der Waals surface area contributed by atoms with Gasteiger partial charge < -0.3 is 14.6 Å². The van der Waals surface area contributed by atoms with Crippen molar-refractivity contribution in [2.75, 3.05) is 5.32 Å². The summed E-state index contributed by atoms with van der Waals surface area (Å²) in [4.78, 5) is 15.1. The van der Waals surface area contributed by atoms with Gasteiger partial charge in [0.25, 0.3) is 0 Å². The smallest absolute Gasteiger partial charge is 0.323 e. The first-order chi connectivity index (χ1) is 14.4. The molecule has 8 nitrogen and oxygen atoms in total. The minimum Gasteiger partial charge on any atom is -0.423 e. The van der Waals surface area contributed by atoms with Crippen molar-refractivity contribution < 1.29 is 13.6 Å². The quantitative estimate of drug-likeness (QED) is 0.669. The van der Waals surface area contributed by atoms with E-state index >= 15 is 0 Å². The molecular formula is C20H20ClFN6O2. The Labute approximate surface area is 177 Å². The summed E-state index contributed by atoms with van der Waals surface area (Å²) in [5.41, 5.74) is 0.428.